The summed E-state index contributed by atoms with van der Waals surface area (Å²) in [5.74, 6) is 0.327. The quantitative estimate of drug-likeness (QED) is 0.272. The Morgan fingerprint density at radius 3 is 2.28 bits per heavy atom. The second-order valence-electron chi connectivity index (χ2n) is 8.38. The minimum absolute atomic E-state index is 0.200. The molecule has 0 unspecified atom stereocenters. The first-order valence-corrected chi connectivity index (χ1v) is 10.7. The van der Waals surface area contributed by atoms with Crippen molar-refractivity contribution in [3.63, 3.8) is 0 Å². The predicted octanol–water partition coefficient (Wildman–Crippen LogP) is -4.42. The van der Waals surface area contributed by atoms with E-state index in [0.717, 1.165) is 27.6 Å². The highest BCUT2D eigenvalue weighted by Gasteiger charge is 2.10. The number of rotatable bonds is 4. The molecule has 0 aliphatic carbocycles. The van der Waals surface area contributed by atoms with Crippen LogP contribution in [0.5, 0.6) is 0 Å². The standard InChI is InChI=1S/C22H23B5N4O/c1-31-10-28-9-15(31)11-2-3-12-8-29-16(7-13(12)6-11)30-17(32)5-4-14-18(23)20(25)22(27)21(26)19(14)24/h2-10H,23-27H2,1H3,(H,29,30,32)/b5-4+. The number of nitrogens with one attached hydrogen (secondary N) is 1. The number of fused-ring (bicyclic) bond motifs is 1. The lowest BCUT2D eigenvalue weighted by Gasteiger charge is -2.17. The Balaban J connectivity index is 1.58. The SMILES string of the molecule is Bc1c(B)c(B)c(/C=C/C(=O)Nc2cc3cc(-c4cncn4C)ccc3cn2)c(B)c1B. The molecule has 0 bridgehead atoms. The molecule has 32 heavy (non-hydrogen) atoms. The van der Waals surface area contributed by atoms with E-state index in [4.69, 9.17) is 0 Å². The summed E-state index contributed by atoms with van der Waals surface area (Å²) in [4.78, 5) is 21.2. The number of hydrogen-bond donors (Lipinski definition) is 1. The van der Waals surface area contributed by atoms with Gasteiger partial charge in [-0.1, -0.05) is 29.1 Å². The van der Waals surface area contributed by atoms with E-state index in [-0.39, 0.29) is 5.91 Å². The summed E-state index contributed by atoms with van der Waals surface area (Å²) in [6.07, 6.45) is 8.89. The van der Waals surface area contributed by atoms with Crippen LogP contribution in [0.3, 0.4) is 0 Å². The summed E-state index contributed by atoms with van der Waals surface area (Å²) < 4.78 is 1.98. The zero-order valence-electron chi connectivity index (χ0n) is 19.4. The molecule has 0 spiro atoms. The van der Waals surface area contributed by atoms with Crippen LogP contribution in [0.4, 0.5) is 5.82 Å². The summed E-state index contributed by atoms with van der Waals surface area (Å²) in [5, 5.41) is 4.92. The van der Waals surface area contributed by atoms with Gasteiger partial charge in [-0.3, -0.25) is 4.79 Å². The fourth-order valence-corrected chi connectivity index (χ4v) is 4.11. The molecule has 4 rings (SSSR count). The van der Waals surface area contributed by atoms with E-state index < -0.39 is 0 Å². The normalized spacial score (nSPS) is 11.3. The van der Waals surface area contributed by atoms with Crippen LogP contribution < -0.4 is 32.6 Å². The lowest BCUT2D eigenvalue weighted by molar-refractivity contribution is -0.111. The van der Waals surface area contributed by atoms with E-state index >= 15 is 0 Å². The number of aryl methyl sites for hydroxylation is 1. The average molecular weight is 414 g/mol. The fourth-order valence-electron chi connectivity index (χ4n) is 4.11. The van der Waals surface area contributed by atoms with Crippen LogP contribution >= 0.6 is 0 Å². The number of amides is 1. The van der Waals surface area contributed by atoms with Gasteiger partial charge in [0.15, 0.2) is 0 Å². The fraction of sp³-hybridized carbons (Fsp3) is 0.0455. The Morgan fingerprint density at radius 1 is 0.938 bits per heavy atom. The minimum Gasteiger partial charge on any atom is -0.334 e. The highest BCUT2D eigenvalue weighted by molar-refractivity contribution is 6.67. The molecule has 4 aromatic rings. The van der Waals surface area contributed by atoms with Crippen LogP contribution in [0.25, 0.3) is 28.1 Å². The Morgan fingerprint density at radius 2 is 1.62 bits per heavy atom. The zero-order valence-corrected chi connectivity index (χ0v) is 19.4. The summed E-state index contributed by atoms with van der Waals surface area (Å²) in [6, 6.07) is 8.07. The van der Waals surface area contributed by atoms with Crippen LogP contribution in [0.15, 0.2) is 49.1 Å². The summed E-state index contributed by atoms with van der Waals surface area (Å²) in [6.45, 7) is 0. The van der Waals surface area contributed by atoms with E-state index in [1.807, 2.05) is 36.0 Å². The molecule has 1 amide bonds. The van der Waals surface area contributed by atoms with Crippen molar-refractivity contribution in [3.05, 3.63) is 54.6 Å². The maximum absolute atomic E-state index is 12.6. The third-order valence-electron chi connectivity index (χ3n) is 6.54. The first-order valence-electron chi connectivity index (χ1n) is 10.7. The van der Waals surface area contributed by atoms with Gasteiger partial charge in [0.05, 0.1) is 18.2 Å². The van der Waals surface area contributed by atoms with Crippen molar-refractivity contribution >= 4 is 95.1 Å². The monoisotopic (exact) mass is 414 g/mol. The maximum atomic E-state index is 12.6. The van der Waals surface area contributed by atoms with Gasteiger partial charge in [0.2, 0.25) is 5.91 Å². The first kappa shape index (κ1) is 21.8. The lowest BCUT2D eigenvalue weighted by atomic mass is 9.60. The van der Waals surface area contributed by atoms with E-state index in [1.165, 1.54) is 27.3 Å². The number of aromatic nitrogens is 3. The molecular weight excluding hydrogens is 390 g/mol. The average Bonchev–Trinajstić information content (AvgIpc) is 3.21. The smallest absolute Gasteiger partial charge is 0.249 e. The second kappa shape index (κ2) is 8.62. The number of anilines is 1. The van der Waals surface area contributed by atoms with Gasteiger partial charge in [0.25, 0.3) is 0 Å². The number of carbonyl (C=O) groups is 1. The second-order valence-corrected chi connectivity index (χ2v) is 8.38. The van der Waals surface area contributed by atoms with Crippen LogP contribution in [0.1, 0.15) is 5.56 Å². The molecular formula is C22H23B5N4O. The third kappa shape index (κ3) is 4.05. The summed E-state index contributed by atoms with van der Waals surface area (Å²) >= 11 is 0. The molecule has 2 aromatic heterocycles. The topological polar surface area (TPSA) is 59.8 Å². The van der Waals surface area contributed by atoms with Gasteiger partial charge in [-0.05, 0) is 23.1 Å². The van der Waals surface area contributed by atoms with Crippen LogP contribution in [0.2, 0.25) is 0 Å². The van der Waals surface area contributed by atoms with E-state index in [0.29, 0.717) is 5.82 Å². The van der Waals surface area contributed by atoms with Gasteiger partial charge in [-0.25, -0.2) is 9.97 Å². The number of imidazole rings is 1. The number of benzene rings is 2. The molecule has 5 nitrogen and oxygen atoms in total. The molecule has 10 heteroatoms. The Labute approximate surface area is 192 Å². The molecule has 2 heterocycles. The Bertz CT molecular complexity index is 1370. The summed E-state index contributed by atoms with van der Waals surface area (Å²) in [5.41, 5.74) is 9.48. The highest BCUT2D eigenvalue weighted by atomic mass is 16.1. The number of hydrogen-bond acceptors (Lipinski definition) is 3. The van der Waals surface area contributed by atoms with E-state index in [1.54, 1.807) is 18.6 Å². The van der Waals surface area contributed by atoms with Crippen molar-refractivity contribution in [3.8, 4) is 11.3 Å². The largest absolute Gasteiger partial charge is 0.334 e. The minimum atomic E-state index is -0.200. The first-order chi connectivity index (χ1) is 15.3. The zero-order chi connectivity index (χ0) is 23.0. The van der Waals surface area contributed by atoms with Crippen molar-refractivity contribution in [2.24, 2.45) is 7.05 Å². The van der Waals surface area contributed by atoms with E-state index in [9.17, 15) is 4.79 Å². The van der Waals surface area contributed by atoms with Crippen molar-refractivity contribution in [2.45, 2.75) is 0 Å². The molecule has 0 fully saturated rings. The number of pyridine rings is 1. The Hall–Kier alpha value is -3.41. The van der Waals surface area contributed by atoms with Crippen molar-refractivity contribution < 1.29 is 4.79 Å². The van der Waals surface area contributed by atoms with Crippen LogP contribution in [-0.2, 0) is 11.8 Å². The number of carbonyl (C=O) groups excluding carboxylic acids is 1. The molecule has 1 N–H and O–H groups in total. The number of nitrogens with zero attached hydrogens (tertiary/aromatic N) is 3. The molecule has 0 saturated carbocycles. The molecule has 0 aliphatic rings. The van der Waals surface area contributed by atoms with Crippen molar-refractivity contribution in [1.82, 2.24) is 14.5 Å². The van der Waals surface area contributed by atoms with E-state index in [2.05, 4.69) is 66.6 Å². The van der Waals surface area contributed by atoms with Gasteiger partial charge in [-0.2, -0.15) is 0 Å². The van der Waals surface area contributed by atoms with Gasteiger partial charge >= 0.3 is 0 Å². The van der Waals surface area contributed by atoms with Gasteiger partial charge in [-0.15, -0.1) is 16.4 Å². The molecule has 0 atom stereocenters. The van der Waals surface area contributed by atoms with Crippen molar-refractivity contribution in [1.29, 1.82) is 0 Å². The van der Waals surface area contributed by atoms with Gasteiger partial charge < -0.3 is 9.88 Å². The molecule has 0 radical (unpaired) electrons. The molecule has 2 aromatic carbocycles. The predicted molar refractivity (Wildman–Crippen MR) is 149 cm³/mol. The van der Waals surface area contributed by atoms with Crippen LogP contribution in [-0.4, -0.2) is 59.7 Å². The molecule has 0 saturated heterocycles. The Kier molecular flexibility index (Phi) is 5.87. The highest BCUT2D eigenvalue weighted by Crippen LogP contribution is 2.25. The maximum Gasteiger partial charge on any atom is 0.249 e. The van der Waals surface area contributed by atoms with Crippen molar-refractivity contribution in [2.75, 3.05) is 5.32 Å². The lowest BCUT2D eigenvalue weighted by Crippen LogP contribution is -2.55. The third-order valence-corrected chi connectivity index (χ3v) is 6.54. The van der Waals surface area contributed by atoms with Gasteiger partial charge in [0, 0.05) is 30.3 Å². The summed E-state index contributed by atoms with van der Waals surface area (Å²) in [7, 11) is 12.6. The molecule has 0 aliphatic heterocycles. The van der Waals surface area contributed by atoms with Gasteiger partial charge in [0.1, 0.15) is 45.0 Å². The molecule has 152 valence electrons. The van der Waals surface area contributed by atoms with Crippen LogP contribution in [0, 0.1) is 0 Å².